The zero-order chi connectivity index (χ0) is 8.97. The van der Waals surface area contributed by atoms with Gasteiger partial charge in [-0.05, 0) is 19.9 Å². The van der Waals surface area contributed by atoms with Gasteiger partial charge in [-0.15, -0.1) is 0 Å². The SMILES string of the molecule is CNCCN1CCCC(C)C1=O. The van der Waals surface area contributed by atoms with Crippen molar-refractivity contribution in [2.45, 2.75) is 19.8 Å². The summed E-state index contributed by atoms with van der Waals surface area (Å²) in [6.45, 7) is 4.73. The van der Waals surface area contributed by atoms with Gasteiger partial charge in [0.05, 0.1) is 0 Å². The van der Waals surface area contributed by atoms with Crippen molar-refractivity contribution in [2.24, 2.45) is 5.92 Å². The lowest BCUT2D eigenvalue weighted by molar-refractivity contribution is -0.137. The van der Waals surface area contributed by atoms with E-state index in [0.29, 0.717) is 5.91 Å². The van der Waals surface area contributed by atoms with Crippen LogP contribution in [0.2, 0.25) is 0 Å². The molecular formula is C9H18N2O. The highest BCUT2D eigenvalue weighted by Crippen LogP contribution is 2.16. The highest BCUT2D eigenvalue weighted by molar-refractivity contribution is 5.79. The van der Waals surface area contributed by atoms with Crippen LogP contribution in [0.25, 0.3) is 0 Å². The molecule has 1 fully saturated rings. The molecule has 12 heavy (non-hydrogen) atoms. The first kappa shape index (κ1) is 9.52. The number of carbonyl (C=O) groups excluding carboxylic acids is 1. The second-order valence-electron chi connectivity index (χ2n) is 3.47. The maximum atomic E-state index is 11.5. The summed E-state index contributed by atoms with van der Waals surface area (Å²) in [6, 6.07) is 0. The number of nitrogens with zero attached hydrogens (tertiary/aromatic N) is 1. The number of carbonyl (C=O) groups is 1. The number of likely N-dealkylation sites (tertiary alicyclic amines) is 1. The zero-order valence-electron chi connectivity index (χ0n) is 7.97. The molecule has 0 saturated carbocycles. The molecule has 1 unspecified atom stereocenters. The Hall–Kier alpha value is -0.570. The van der Waals surface area contributed by atoms with Gasteiger partial charge in [-0.3, -0.25) is 4.79 Å². The molecule has 0 aromatic rings. The molecule has 1 heterocycles. The first-order valence-electron chi connectivity index (χ1n) is 4.69. The average Bonchev–Trinajstić information content (AvgIpc) is 2.08. The normalized spacial score (nSPS) is 24.7. The molecule has 70 valence electrons. The fourth-order valence-electron chi connectivity index (χ4n) is 1.60. The lowest BCUT2D eigenvalue weighted by Crippen LogP contribution is -2.43. The quantitative estimate of drug-likeness (QED) is 0.667. The molecule has 1 N–H and O–H groups in total. The van der Waals surface area contributed by atoms with E-state index in [4.69, 9.17) is 0 Å². The van der Waals surface area contributed by atoms with E-state index in [0.717, 1.165) is 32.5 Å². The fraction of sp³-hybridized carbons (Fsp3) is 0.889. The molecular weight excluding hydrogens is 152 g/mol. The van der Waals surface area contributed by atoms with E-state index in [1.165, 1.54) is 0 Å². The first-order chi connectivity index (χ1) is 5.75. The second-order valence-corrected chi connectivity index (χ2v) is 3.47. The average molecular weight is 170 g/mol. The molecule has 1 rings (SSSR count). The van der Waals surface area contributed by atoms with Crippen molar-refractivity contribution in [3.05, 3.63) is 0 Å². The Balaban J connectivity index is 2.36. The van der Waals surface area contributed by atoms with E-state index in [2.05, 4.69) is 5.32 Å². The molecule has 0 aromatic carbocycles. The van der Waals surface area contributed by atoms with Crippen LogP contribution < -0.4 is 5.32 Å². The fourth-order valence-corrected chi connectivity index (χ4v) is 1.60. The summed E-state index contributed by atoms with van der Waals surface area (Å²) in [4.78, 5) is 13.5. The van der Waals surface area contributed by atoms with Crippen molar-refractivity contribution in [1.82, 2.24) is 10.2 Å². The number of likely N-dealkylation sites (N-methyl/N-ethyl adjacent to an activating group) is 1. The van der Waals surface area contributed by atoms with Gasteiger partial charge < -0.3 is 10.2 Å². The summed E-state index contributed by atoms with van der Waals surface area (Å²) < 4.78 is 0. The number of hydrogen-bond donors (Lipinski definition) is 1. The van der Waals surface area contributed by atoms with Crippen LogP contribution in [0.3, 0.4) is 0 Å². The third kappa shape index (κ3) is 2.21. The minimum Gasteiger partial charge on any atom is -0.341 e. The topological polar surface area (TPSA) is 32.3 Å². The summed E-state index contributed by atoms with van der Waals surface area (Å²) in [5, 5.41) is 3.06. The second kappa shape index (κ2) is 4.45. The summed E-state index contributed by atoms with van der Waals surface area (Å²) in [6.07, 6.45) is 2.23. The molecule has 0 radical (unpaired) electrons. The number of hydrogen-bond acceptors (Lipinski definition) is 2. The predicted octanol–water partition coefficient (Wildman–Crippen LogP) is 0.464. The molecule has 0 spiro atoms. The molecule has 0 aromatic heterocycles. The van der Waals surface area contributed by atoms with E-state index in [9.17, 15) is 4.79 Å². The highest BCUT2D eigenvalue weighted by Gasteiger charge is 2.23. The molecule has 1 aliphatic heterocycles. The minimum atomic E-state index is 0.246. The maximum Gasteiger partial charge on any atom is 0.225 e. The van der Waals surface area contributed by atoms with Gasteiger partial charge in [0.2, 0.25) is 5.91 Å². The van der Waals surface area contributed by atoms with Crippen molar-refractivity contribution >= 4 is 5.91 Å². The van der Waals surface area contributed by atoms with Crippen molar-refractivity contribution in [3.8, 4) is 0 Å². The minimum absolute atomic E-state index is 0.246. The predicted molar refractivity (Wildman–Crippen MR) is 48.9 cm³/mol. The molecule has 1 amide bonds. The summed E-state index contributed by atoms with van der Waals surface area (Å²) in [5.41, 5.74) is 0. The van der Waals surface area contributed by atoms with Crippen LogP contribution in [0.15, 0.2) is 0 Å². The standard InChI is InChI=1S/C9H18N2O/c1-8-4-3-6-11(9(8)12)7-5-10-2/h8,10H,3-7H2,1-2H3. The Morgan fingerprint density at radius 1 is 1.67 bits per heavy atom. The lowest BCUT2D eigenvalue weighted by atomic mass is 9.99. The van der Waals surface area contributed by atoms with Crippen LogP contribution in [-0.4, -0.2) is 37.5 Å². The molecule has 1 atom stereocenters. The Morgan fingerprint density at radius 2 is 2.42 bits per heavy atom. The van der Waals surface area contributed by atoms with Gasteiger partial charge in [-0.25, -0.2) is 0 Å². The van der Waals surface area contributed by atoms with Crippen LogP contribution in [0.5, 0.6) is 0 Å². The number of nitrogens with one attached hydrogen (secondary N) is 1. The summed E-state index contributed by atoms with van der Waals surface area (Å²) in [5.74, 6) is 0.576. The van der Waals surface area contributed by atoms with Crippen molar-refractivity contribution < 1.29 is 4.79 Å². The van der Waals surface area contributed by atoms with Crippen LogP contribution in [-0.2, 0) is 4.79 Å². The Labute approximate surface area is 74.1 Å². The van der Waals surface area contributed by atoms with E-state index in [-0.39, 0.29) is 5.92 Å². The zero-order valence-corrected chi connectivity index (χ0v) is 7.97. The maximum absolute atomic E-state index is 11.5. The van der Waals surface area contributed by atoms with Crippen molar-refractivity contribution in [3.63, 3.8) is 0 Å². The third-order valence-electron chi connectivity index (χ3n) is 2.43. The molecule has 3 nitrogen and oxygen atoms in total. The third-order valence-corrected chi connectivity index (χ3v) is 2.43. The molecule has 1 saturated heterocycles. The van der Waals surface area contributed by atoms with Gasteiger partial charge in [0.1, 0.15) is 0 Å². The van der Waals surface area contributed by atoms with Gasteiger partial charge in [0, 0.05) is 25.6 Å². The summed E-state index contributed by atoms with van der Waals surface area (Å²) in [7, 11) is 1.91. The molecule has 0 bridgehead atoms. The summed E-state index contributed by atoms with van der Waals surface area (Å²) >= 11 is 0. The smallest absolute Gasteiger partial charge is 0.225 e. The van der Waals surface area contributed by atoms with E-state index >= 15 is 0 Å². The van der Waals surface area contributed by atoms with Crippen LogP contribution in [0.1, 0.15) is 19.8 Å². The van der Waals surface area contributed by atoms with Crippen molar-refractivity contribution in [1.29, 1.82) is 0 Å². The van der Waals surface area contributed by atoms with Crippen LogP contribution in [0, 0.1) is 5.92 Å². The van der Waals surface area contributed by atoms with Crippen LogP contribution in [0.4, 0.5) is 0 Å². The molecule has 1 aliphatic rings. The molecule has 3 heteroatoms. The lowest BCUT2D eigenvalue weighted by Gasteiger charge is -2.30. The van der Waals surface area contributed by atoms with Gasteiger partial charge >= 0.3 is 0 Å². The Morgan fingerprint density at radius 3 is 3.08 bits per heavy atom. The van der Waals surface area contributed by atoms with Crippen LogP contribution >= 0.6 is 0 Å². The number of rotatable bonds is 3. The Bertz CT molecular complexity index is 159. The highest BCUT2D eigenvalue weighted by atomic mass is 16.2. The first-order valence-corrected chi connectivity index (χ1v) is 4.69. The number of piperidine rings is 1. The van der Waals surface area contributed by atoms with Gasteiger partial charge in [-0.1, -0.05) is 6.92 Å². The van der Waals surface area contributed by atoms with Gasteiger partial charge in [0.15, 0.2) is 0 Å². The van der Waals surface area contributed by atoms with E-state index < -0.39 is 0 Å². The van der Waals surface area contributed by atoms with Gasteiger partial charge in [-0.2, -0.15) is 0 Å². The van der Waals surface area contributed by atoms with Crippen molar-refractivity contribution in [2.75, 3.05) is 26.7 Å². The monoisotopic (exact) mass is 170 g/mol. The van der Waals surface area contributed by atoms with Gasteiger partial charge in [0.25, 0.3) is 0 Å². The largest absolute Gasteiger partial charge is 0.341 e. The Kier molecular flexibility index (Phi) is 3.53. The molecule has 0 aliphatic carbocycles. The van der Waals surface area contributed by atoms with E-state index in [1.807, 2.05) is 18.9 Å². The number of amides is 1. The van der Waals surface area contributed by atoms with E-state index in [1.54, 1.807) is 0 Å².